The molecule has 1 fully saturated rings. The number of ether oxygens (including phenoxy) is 2. The Morgan fingerprint density at radius 3 is 2.72 bits per heavy atom. The number of aliphatic hydroxyl groups is 2. The lowest BCUT2D eigenvalue weighted by Crippen LogP contribution is -2.34. The molecule has 0 saturated carbocycles. The first kappa shape index (κ1) is 22.6. The lowest BCUT2D eigenvalue weighted by molar-refractivity contribution is -0.0487. The van der Waals surface area contributed by atoms with E-state index in [-0.39, 0.29) is 29.5 Å². The van der Waals surface area contributed by atoms with E-state index in [9.17, 15) is 19.7 Å². The number of aliphatic hydroxyl groups excluding tert-OH is 2. The van der Waals surface area contributed by atoms with Crippen molar-refractivity contribution < 1.29 is 33.7 Å². The van der Waals surface area contributed by atoms with Crippen LogP contribution < -0.4 is 15.6 Å². The number of nitrogens with one attached hydrogen (secondary N) is 1. The van der Waals surface area contributed by atoms with E-state index < -0.39 is 38.9 Å². The van der Waals surface area contributed by atoms with E-state index in [1.807, 2.05) is 6.07 Å². The Morgan fingerprint density at radius 2 is 2.00 bits per heavy atom. The van der Waals surface area contributed by atoms with Crippen LogP contribution in [0.1, 0.15) is 11.8 Å². The molecule has 4 rings (SSSR count). The van der Waals surface area contributed by atoms with Gasteiger partial charge in [0.1, 0.15) is 18.3 Å². The molecule has 0 spiro atoms. The Labute approximate surface area is 182 Å². The molecule has 0 radical (unpaired) electrons. The van der Waals surface area contributed by atoms with Gasteiger partial charge in [-0.05, 0) is 5.56 Å². The highest BCUT2D eigenvalue weighted by Crippen LogP contribution is 2.40. The van der Waals surface area contributed by atoms with Gasteiger partial charge in [-0.25, -0.2) is 14.6 Å². The molecule has 1 aliphatic rings. The van der Waals surface area contributed by atoms with Crippen molar-refractivity contribution in [3.8, 4) is 5.88 Å². The zero-order valence-electron chi connectivity index (χ0n) is 17.0. The molecule has 3 heterocycles. The SMILES string of the molecule is COc1nc(N)nc2c1ncn2C1O[C@H](COP(=O)(O)NCc2ccccc2)[C@H](O)C1O. The van der Waals surface area contributed by atoms with Crippen LogP contribution in [0.3, 0.4) is 0 Å². The van der Waals surface area contributed by atoms with E-state index in [0.717, 1.165) is 5.56 Å². The van der Waals surface area contributed by atoms with Crippen LogP contribution in [-0.4, -0.2) is 66.7 Å². The van der Waals surface area contributed by atoms with Crippen molar-refractivity contribution in [2.75, 3.05) is 19.5 Å². The second-order valence-electron chi connectivity index (χ2n) is 7.10. The predicted molar refractivity (Wildman–Crippen MR) is 111 cm³/mol. The van der Waals surface area contributed by atoms with Crippen molar-refractivity contribution in [1.29, 1.82) is 0 Å². The van der Waals surface area contributed by atoms with E-state index in [0.29, 0.717) is 0 Å². The van der Waals surface area contributed by atoms with Crippen LogP contribution in [0, 0.1) is 0 Å². The fourth-order valence-corrected chi connectivity index (χ4v) is 4.16. The number of nitrogens with two attached hydrogens (primary N) is 1. The minimum atomic E-state index is -4.19. The number of hydrogen-bond acceptors (Lipinski definition) is 10. The molecule has 3 unspecified atom stereocenters. The Hall–Kier alpha value is -2.64. The van der Waals surface area contributed by atoms with Gasteiger partial charge in [-0.1, -0.05) is 30.3 Å². The molecule has 0 aliphatic carbocycles. The van der Waals surface area contributed by atoms with Crippen molar-refractivity contribution in [1.82, 2.24) is 24.6 Å². The monoisotopic (exact) mass is 466 g/mol. The molecule has 13 nitrogen and oxygen atoms in total. The van der Waals surface area contributed by atoms with Crippen LogP contribution in [0.2, 0.25) is 0 Å². The summed E-state index contributed by atoms with van der Waals surface area (Å²) in [6, 6.07) is 9.02. The summed E-state index contributed by atoms with van der Waals surface area (Å²) in [5.41, 5.74) is 7.01. The zero-order valence-corrected chi connectivity index (χ0v) is 17.9. The summed E-state index contributed by atoms with van der Waals surface area (Å²) >= 11 is 0. The van der Waals surface area contributed by atoms with Gasteiger partial charge >= 0.3 is 7.75 Å². The Morgan fingerprint density at radius 1 is 1.25 bits per heavy atom. The summed E-state index contributed by atoms with van der Waals surface area (Å²) in [5, 5.41) is 23.3. The van der Waals surface area contributed by atoms with Gasteiger partial charge in [-0.15, -0.1) is 0 Å². The molecule has 6 N–H and O–H groups in total. The van der Waals surface area contributed by atoms with Crippen LogP contribution in [-0.2, 0) is 20.4 Å². The van der Waals surface area contributed by atoms with Crippen molar-refractivity contribution >= 4 is 24.9 Å². The number of benzene rings is 1. The van der Waals surface area contributed by atoms with Crippen molar-refractivity contribution in [3.63, 3.8) is 0 Å². The highest BCUT2D eigenvalue weighted by Gasteiger charge is 2.45. The van der Waals surface area contributed by atoms with E-state index in [4.69, 9.17) is 19.7 Å². The number of anilines is 1. The van der Waals surface area contributed by atoms with Crippen LogP contribution in [0.25, 0.3) is 11.2 Å². The van der Waals surface area contributed by atoms with Gasteiger partial charge in [0.05, 0.1) is 20.0 Å². The highest BCUT2D eigenvalue weighted by molar-refractivity contribution is 7.50. The largest absolute Gasteiger partial charge is 0.479 e. The Balaban J connectivity index is 1.44. The maximum atomic E-state index is 12.3. The third-order valence-electron chi connectivity index (χ3n) is 4.95. The molecule has 1 aromatic carbocycles. The number of nitrogens with zero attached hydrogens (tertiary/aromatic N) is 4. The standard InChI is InChI=1S/C18H23N6O7P/c1-29-16-12-15(22-18(19)23-16)24(9-20-12)17-14(26)13(25)11(31-17)8-30-32(27,28)21-7-10-5-3-2-4-6-10/h2-6,9,11,13-14,17,25-26H,7-8H2,1H3,(H2,19,22,23)(H2,21,27,28)/t11-,13+,14?,17?/m1/s1. The quantitative estimate of drug-likeness (QED) is 0.279. The number of methoxy groups -OCH3 is 1. The number of imidazole rings is 1. The van der Waals surface area contributed by atoms with Gasteiger partial charge in [0.25, 0.3) is 0 Å². The molecule has 1 saturated heterocycles. The number of fused-ring (bicyclic) bond motifs is 1. The summed E-state index contributed by atoms with van der Waals surface area (Å²) < 4.78 is 29.6. The van der Waals surface area contributed by atoms with E-state index in [2.05, 4.69) is 20.0 Å². The molecule has 0 amide bonds. The second-order valence-corrected chi connectivity index (χ2v) is 8.71. The molecular weight excluding hydrogens is 443 g/mol. The van der Waals surface area contributed by atoms with E-state index >= 15 is 0 Å². The minimum Gasteiger partial charge on any atom is -0.479 e. The molecule has 2 aromatic heterocycles. The first-order chi connectivity index (χ1) is 15.3. The topological polar surface area (TPSA) is 187 Å². The number of aromatic nitrogens is 4. The molecule has 172 valence electrons. The summed E-state index contributed by atoms with van der Waals surface area (Å²) in [5.74, 6) is 0.0691. The smallest absolute Gasteiger partial charge is 0.403 e. The maximum Gasteiger partial charge on any atom is 0.403 e. The summed E-state index contributed by atoms with van der Waals surface area (Å²) in [7, 11) is -2.79. The number of nitrogen functional groups attached to an aromatic ring is 1. The molecule has 0 bridgehead atoms. The fraction of sp³-hybridized carbons (Fsp3) is 0.389. The minimum absolute atomic E-state index is 0.0743. The first-order valence-corrected chi connectivity index (χ1v) is 11.2. The lowest BCUT2D eigenvalue weighted by Gasteiger charge is -2.18. The van der Waals surface area contributed by atoms with Gasteiger partial charge < -0.3 is 30.3 Å². The third-order valence-corrected chi connectivity index (χ3v) is 6.01. The van der Waals surface area contributed by atoms with Crippen molar-refractivity contribution in [2.45, 2.75) is 31.1 Å². The van der Waals surface area contributed by atoms with Crippen molar-refractivity contribution in [3.05, 3.63) is 42.2 Å². The molecule has 14 heteroatoms. The molecular formula is C18H23N6O7P. The Bertz CT molecular complexity index is 1130. The van der Waals surface area contributed by atoms with E-state index in [1.54, 1.807) is 24.3 Å². The second kappa shape index (κ2) is 9.08. The molecule has 5 atom stereocenters. The predicted octanol–water partition coefficient (Wildman–Crippen LogP) is -0.0569. The molecule has 32 heavy (non-hydrogen) atoms. The lowest BCUT2D eigenvalue weighted by atomic mass is 10.1. The average molecular weight is 466 g/mol. The summed E-state index contributed by atoms with van der Waals surface area (Å²) in [4.78, 5) is 22.2. The van der Waals surface area contributed by atoms with Gasteiger partial charge in [0.2, 0.25) is 11.8 Å². The summed E-state index contributed by atoms with van der Waals surface area (Å²) in [6.45, 7) is -0.338. The molecule has 1 aliphatic heterocycles. The zero-order chi connectivity index (χ0) is 22.9. The fourth-order valence-electron chi connectivity index (χ4n) is 3.34. The Kier molecular flexibility index (Phi) is 6.40. The van der Waals surface area contributed by atoms with Crippen LogP contribution in [0.5, 0.6) is 5.88 Å². The maximum absolute atomic E-state index is 12.3. The number of rotatable bonds is 8. The van der Waals surface area contributed by atoms with Crippen LogP contribution >= 0.6 is 7.75 Å². The van der Waals surface area contributed by atoms with Gasteiger partial charge in [0, 0.05) is 6.54 Å². The van der Waals surface area contributed by atoms with Gasteiger partial charge in [0.15, 0.2) is 17.4 Å². The highest BCUT2D eigenvalue weighted by atomic mass is 31.2. The van der Waals surface area contributed by atoms with Crippen molar-refractivity contribution in [2.24, 2.45) is 0 Å². The normalized spacial score (nSPS) is 25.1. The first-order valence-electron chi connectivity index (χ1n) is 9.61. The number of hydrogen-bond donors (Lipinski definition) is 5. The van der Waals surface area contributed by atoms with Crippen LogP contribution in [0.15, 0.2) is 36.7 Å². The van der Waals surface area contributed by atoms with Crippen LogP contribution in [0.4, 0.5) is 5.95 Å². The summed E-state index contributed by atoms with van der Waals surface area (Å²) in [6.07, 6.45) is -3.64. The molecule has 3 aromatic rings. The van der Waals surface area contributed by atoms with E-state index in [1.165, 1.54) is 18.0 Å². The van der Waals surface area contributed by atoms with Gasteiger partial charge in [-0.3, -0.25) is 9.09 Å². The van der Waals surface area contributed by atoms with Gasteiger partial charge in [-0.2, -0.15) is 9.97 Å². The average Bonchev–Trinajstić information content (AvgIpc) is 3.32. The third kappa shape index (κ3) is 4.59.